The average molecular weight is 530 g/mol. The molecule has 1 aliphatic heterocycles. The van der Waals surface area contributed by atoms with E-state index in [0.717, 1.165) is 43.2 Å². The van der Waals surface area contributed by atoms with Crippen LogP contribution in [-0.2, 0) is 4.74 Å². The Balaban J connectivity index is 1.32. The molecule has 2 nitrogen and oxygen atoms in total. The molecule has 4 unspecified atom stereocenters. The summed E-state index contributed by atoms with van der Waals surface area (Å²) in [7, 11) is 0. The van der Waals surface area contributed by atoms with Gasteiger partial charge in [0.1, 0.15) is 35.4 Å². The Morgan fingerprint density at radius 2 is 1.45 bits per heavy atom. The third kappa shape index (κ3) is 5.65. The zero-order chi connectivity index (χ0) is 27.0. The Labute approximate surface area is 223 Å². The van der Waals surface area contributed by atoms with Crippen molar-refractivity contribution in [3.8, 4) is 11.1 Å². The van der Waals surface area contributed by atoms with Crippen LogP contribution in [0.25, 0.3) is 11.1 Å². The second kappa shape index (κ2) is 11.0. The highest BCUT2D eigenvalue weighted by molar-refractivity contribution is 5.96. The van der Waals surface area contributed by atoms with Crippen molar-refractivity contribution in [1.29, 1.82) is 0 Å². The van der Waals surface area contributed by atoms with E-state index >= 15 is 8.78 Å². The van der Waals surface area contributed by atoms with Gasteiger partial charge in [-0.25, -0.2) is 22.6 Å². The SMILES string of the molecule is CCCCCC1CCC2CC(c3cc(F)c(-c4cc(F)c(C5=NC(C)(C)CO5)c(F)c4)c(F)c3)CCC2C1. The van der Waals surface area contributed by atoms with Gasteiger partial charge >= 0.3 is 0 Å². The Bertz CT molecular complexity index is 1160. The lowest BCUT2D eigenvalue weighted by Gasteiger charge is -2.42. The Morgan fingerprint density at radius 1 is 0.816 bits per heavy atom. The minimum Gasteiger partial charge on any atom is -0.475 e. The molecule has 0 aromatic heterocycles. The lowest BCUT2D eigenvalue weighted by atomic mass is 9.63. The van der Waals surface area contributed by atoms with E-state index in [0.29, 0.717) is 11.5 Å². The van der Waals surface area contributed by atoms with Gasteiger partial charge in [0.05, 0.1) is 11.1 Å². The number of halogens is 4. The van der Waals surface area contributed by atoms with Crippen LogP contribution in [0.15, 0.2) is 29.3 Å². The van der Waals surface area contributed by atoms with Crippen molar-refractivity contribution in [2.45, 2.75) is 96.4 Å². The second-order valence-electron chi connectivity index (χ2n) is 12.4. The molecule has 2 saturated carbocycles. The molecule has 4 atom stereocenters. The van der Waals surface area contributed by atoms with Gasteiger partial charge in [-0.2, -0.15) is 0 Å². The summed E-state index contributed by atoms with van der Waals surface area (Å²) in [5.41, 5.74) is -0.926. The fourth-order valence-electron chi connectivity index (χ4n) is 6.97. The molecule has 5 rings (SSSR count). The van der Waals surface area contributed by atoms with Crippen molar-refractivity contribution in [2.24, 2.45) is 22.7 Å². The van der Waals surface area contributed by atoms with Crippen LogP contribution in [-0.4, -0.2) is 18.0 Å². The van der Waals surface area contributed by atoms with Gasteiger partial charge < -0.3 is 4.74 Å². The number of aliphatic imine (C=N–C) groups is 1. The van der Waals surface area contributed by atoms with Crippen molar-refractivity contribution in [1.82, 2.24) is 0 Å². The van der Waals surface area contributed by atoms with Crippen LogP contribution in [0, 0.1) is 41.0 Å². The Morgan fingerprint density at radius 3 is 2.08 bits per heavy atom. The van der Waals surface area contributed by atoms with E-state index in [9.17, 15) is 8.78 Å². The summed E-state index contributed by atoms with van der Waals surface area (Å²) < 4.78 is 65.9. The number of ether oxygens (including phenoxy) is 1. The summed E-state index contributed by atoms with van der Waals surface area (Å²) in [4.78, 5) is 4.23. The lowest BCUT2D eigenvalue weighted by molar-refractivity contribution is 0.113. The quantitative estimate of drug-likeness (QED) is 0.259. The molecular formula is C32H39F4NO. The summed E-state index contributed by atoms with van der Waals surface area (Å²) in [5, 5.41) is 0. The van der Waals surface area contributed by atoms with Gasteiger partial charge in [-0.3, -0.25) is 0 Å². The number of hydrogen-bond donors (Lipinski definition) is 0. The maximum Gasteiger partial charge on any atom is 0.222 e. The first-order valence-corrected chi connectivity index (χ1v) is 14.4. The molecular weight excluding hydrogens is 490 g/mol. The first-order chi connectivity index (χ1) is 18.1. The summed E-state index contributed by atoms with van der Waals surface area (Å²) in [6.07, 6.45) is 12.0. The highest BCUT2D eigenvalue weighted by atomic mass is 19.1. The molecule has 3 aliphatic rings. The molecule has 38 heavy (non-hydrogen) atoms. The molecule has 2 aliphatic carbocycles. The zero-order valence-corrected chi connectivity index (χ0v) is 22.8. The van der Waals surface area contributed by atoms with Crippen molar-refractivity contribution >= 4 is 5.90 Å². The molecule has 206 valence electrons. The zero-order valence-electron chi connectivity index (χ0n) is 22.8. The van der Waals surface area contributed by atoms with Crippen molar-refractivity contribution in [2.75, 3.05) is 6.61 Å². The molecule has 0 N–H and O–H groups in total. The minimum atomic E-state index is -0.956. The molecule has 0 saturated heterocycles. The van der Waals surface area contributed by atoms with E-state index in [1.807, 2.05) is 0 Å². The standard InChI is InChI=1S/C32H39F4NO/c1-4-5-6-7-19-8-9-21-13-22(11-10-20(21)12-19)23-14-25(33)29(26(34)15-23)24-16-27(35)30(28(36)17-24)31-37-32(2,3)18-38-31/h14-17,19-22H,4-13,18H2,1-3H3. The molecule has 2 aromatic rings. The highest BCUT2D eigenvalue weighted by Crippen LogP contribution is 2.49. The highest BCUT2D eigenvalue weighted by Gasteiger charge is 2.36. The first-order valence-electron chi connectivity index (χ1n) is 14.4. The molecule has 0 bridgehead atoms. The summed E-state index contributed by atoms with van der Waals surface area (Å²) in [6, 6.07) is 4.66. The van der Waals surface area contributed by atoms with E-state index in [1.165, 1.54) is 57.1 Å². The maximum atomic E-state index is 15.3. The number of nitrogens with zero attached hydrogens (tertiary/aromatic N) is 1. The van der Waals surface area contributed by atoms with Crippen LogP contribution in [0.1, 0.15) is 102 Å². The van der Waals surface area contributed by atoms with E-state index in [4.69, 9.17) is 4.74 Å². The van der Waals surface area contributed by atoms with Gasteiger partial charge in [-0.15, -0.1) is 0 Å². The normalized spacial score (nSPS) is 26.6. The van der Waals surface area contributed by atoms with Crippen molar-refractivity contribution in [3.05, 3.63) is 58.7 Å². The van der Waals surface area contributed by atoms with Gasteiger partial charge in [0.25, 0.3) is 0 Å². The van der Waals surface area contributed by atoms with Crippen LogP contribution in [0.2, 0.25) is 0 Å². The minimum absolute atomic E-state index is 0.114. The molecule has 6 heteroatoms. The Kier molecular flexibility index (Phi) is 7.89. The van der Waals surface area contributed by atoms with Gasteiger partial charge in [-0.05, 0) is 105 Å². The van der Waals surface area contributed by atoms with E-state index in [-0.39, 0.29) is 24.0 Å². The monoisotopic (exact) mass is 529 g/mol. The van der Waals surface area contributed by atoms with Crippen LogP contribution in [0.4, 0.5) is 17.6 Å². The number of fused-ring (bicyclic) bond motifs is 1. The summed E-state index contributed by atoms with van der Waals surface area (Å²) >= 11 is 0. The van der Waals surface area contributed by atoms with Crippen LogP contribution in [0.5, 0.6) is 0 Å². The topological polar surface area (TPSA) is 21.6 Å². The Hall–Kier alpha value is -2.37. The third-order valence-corrected chi connectivity index (χ3v) is 8.98. The fraction of sp³-hybridized carbons (Fsp3) is 0.594. The van der Waals surface area contributed by atoms with Crippen LogP contribution in [0.3, 0.4) is 0 Å². The fourth-order valence-corrected chi connectivity index (χ4v) is 6.97. The van der Waals surface area contributed by atoms with Crippen LogP contribution < -0.4 is 0 Å². The smallest absolute Gasteiger partial charge is 0.222 e. The van der Waals surface area contributed by atoms with Gasteiger partial charge in [0, 0.05) is 0 Å². The molecule has 0 radical (unpaired) electrons. The summed E-state index contributed by atoms with van der Waals surface area (Å²) in [6.45, 7) is 6.03. The maximum absolute atomic E-state index is 15.3. The summed E-state index contributed by atoms with van der Waals surface area (Å²) in [5.74, 6) is -1.33. The van der Waals surface area contributed by atoms with Gasteiger partial charge in [0.2, 0.25) is 5.90 Å². The lowest BCUT2D eigenvalue weighted by Crippen LogP contribution is -2.30. The number of hydrogen-bond acceptors (Lipinski definition) is 2. The number of benzene rings is 2. The van der Waals surface area contributed by atoms with E-state index in [1.54, 1.807) is 13.8 Å². The first kappa shape index (κ1) is 27.2. The molecule has 1 heterocycles. The van der Waals surface area contributed by atoms with Crippen molar-refractivity contribution < 1.29 is 22.3 Å². The van der Waals surface area contributed by atoms with Crippen molar-refractivity contribution in [3.63, 3.8) is 0 Å². The van der Waals surface area contributed by atoms with Gasteiger partial charge in [-0.1, -0.05) is 39.0 Å². The molecule has 0 spiro atoms. The molecule has 0 amide bonds. The number of unbranched alkanes of at least 4 members (excludes halogenated alkanes) is 2. The van der Waals surface area contributed by atoms with E-state index in [2.05, 4.69) is 11.9 Å². The number of rotatable bonds is 7. The average Bonchev–Trinajstić information content (AvgIpc) is 3.22. The predicted octanol–water partition coefficient (Wildman–Crippen LogP) is 9.35. The predicted molar refractivity (Wildman–Crippen MR) is 143 cm³/mol. The van der Waals surface area contributed by atoms with Gasteiger partial charge in [0.15, 0.2) is 0 Å². The largest absolute Gasteiger partial charge is 0.475 e. The molecule has 2 aromatic carbocycles. The molecule has 2 fully saturated rings. The second-order valence-corrected chi connectivity index (χ2v) is 12.4. The van der Waals surface area contributed by atoms with E-state index < -0.39 is 39.9 Å². The van der Waals surface area contributed by atoms with Crippen LogP contribution >= 0.6 is 0 Å². The third-order valence-electron chi connectivity index (χ3n) is 8.98.